The molecule has 8 atom stereocenters. The lowest BCUT2D eigenvalue weighted by Gasteiger charge is -2.60. The maximum Gasteiger partial charge on any atom is 0.306 e. The number of ether oxygens (including phenoxy) is 2. The van der Waals surface area contributed by atoms with Crippen molar-refractivity contribution in [2.75, 3.05) is 0 Å². The summed E-state index contributed by atoms with van der Waals surface area (Å²) in [5.74, 6) is 2.18. The Bertz CT molecular complexity index is 689. The summed E-state index contributed by atoms with van der Waals surface area (Å²) in [6, 6.07) is 0. The molecule has 0 aromatic heterocycles. The van der Waals surface area contributed by atoms with Crippen molar-refractivity contribution in [3.05, 3.63) is 0 Å². The Kier molecular flexibility index (Phi) is 6.46. The van der Waals surface area contributed by atoms with Crippen molar-refractivity contribution < 1.29 is 24.2 Å². The molecule has 4 aliphatic carbocycles. The van der Waals surface area contributed by atoms with Crippen LogP contribution in [0.15, 0.2) is 0 Å². The van der Waals surface area contributed by atoms with Crippen LogP contribution in [0.3, 0.4) is 0 Å². The van der Waals surface area contributed by atoms with Crippen LogP contribution in [0.4, 0.5) is 0 Å². The molecule has 0 radical (unpaired) electrons. The van der Waals surface area contributed by atoms with Crippen LogP contribution in [0, 0.1) is 34.5 Å². The monoisotopic (exact) mass is 434 g/mol. The summed E-state index contributed by atoms with van der Waals surface area (Å²) in [6.07, 6.45) is 9.97. The molecule has 8 unspecified atom stereocenters. The van der Waals surface area contributed by atoms with Gasteiger partial charge in [0.1, 0.15) is 6.10 Å². The molecular formula is C26H42O5. The highest BCUT2D eigenvalue weighted by Gasteiger charge is 2.61. The number of aliphatic hydroxyl groups is 1. The van der Waals surface area contributed by atoms with Crippen LogP contribution in [-0.2, 0) is 19.1 Å². The van der Waals surface area contributed by atoms with E-state index in [9.17, 15) is 14.7 Å². The maximum atomic E-state index is 12.5. The Balaban J connectivity index is 1.38. The fourth-order valence-electron chi connectivity index (χ4n) is 8.12. The van der Waals surface area contributed by atoms with E-state index in [1.54, 1.807) is 0 Å². The average molecular weight is 435 g/mol. The molecule has 0 aromatic rings. The van der Waals surface area contributed by atoms with E-state index < -0.39 is 0 Å². The van der Waals surface area contributed by atoms with Crippen molar-refractivity contribution in [2.45, 2.75) is 117 Å². The van der Waals surface area contributed by atoms with Gasteiger partial charge in [-0.05, 0) is 101 Å². The molecule has 0 heterocycles. The fraction of sp³-hybridized carbons (Fsp3) is 0.923. The second-order valence-corrected chi connectivity index (χ2v) is 11.7. The molecule has 4 aliphatic rings. The summed E-state index contributed by atoms with van der Waals surface area (Å²) in [5, 5.41) is 10.2. The van der Waals surface area contributed by atoms with Crippen LogP contribution in [-0.4, -0.2) is 35.4 Å². The van der Waals surface area contributed by atoms with E-state index in [0.717, 1.165) is 50.4 Å². The molecule has 0 spiro atoms. The van der Waals surface area contributed by atoms with E-state index in [1.165, 1.54) is 19.3 Å². The number of hydrogen-bond donors (Lipinski definition) is 1. The maximum absolute atomic E-state index is 12.5. The predicted octanol–water partition coefficient (Wildman–Crippen LogP) is 5.03. The third-order valence-electron chi connectivity index (χ3n) is 9.73. The molecule has 0 aromatic carbocycles. The SMILES string of the molecule is CC(C)OC(=O)CCC(=O)OC1CCC2C3CCC4CC(O)CCC4(C)C3CCC12C. The summed E-state index contributed by atoms with van der Waals surface area (Å²) < 4.78 is 11.1. The summed E-state index contributed by atoms with van der Waals surface area (Å²) in [5.41, 5.74) is 0.432. The Labute approximate surface area is 187 Å². The van der Waals surface area contributed by atoms with Crippen LogP contribution >= 0.6 is 0 Å². The van der Waals surface area contributed by atoms with Gasteiger partial charge in [-0.2, -0.15) is 0 Å². The minimum atomic E-state index is -0.328. The second-order valence-electron chi connectivity index (χ2n) is 11.7. The Morgan fingerprint density at radius 2 is 1.58 bits per heavy atom. The van der Waals surface area contributed by atoms with Crippen molar-refractivity contribution >= 4 is 11.9 Å². The first-order valence-corrected chi connectivity index (χ1v) is 12.7. The minimum absolute atomic E-state index is 0.0224. The number of rotatable bonds is 5. The normalized spacial score (nSPS) is 44.2. The van der Waals surface area contributed by atoms with Gasteiger partial charge in [0.05, 0.1) is 25.0 Å². The largest absolute Gasteiger partial charge is 0.463 e. The molecule has 0 bridgehead atoms. The lowest BCUT2D eigenvalue weighted by molar-refractivity contribution is -0.167. The lowest BCUT2D eigenvalue weighted by Crippen LogP contribution is -2.54. The van der Waals surface area contributed by atoms with Crippen molar-refractivity contribution in [2.24, 2.45) is 34.5 Å². The van der Waals surface area contributed by atoms with E-state index in [2.05, 4.69) is 13.8 Å². The van der Waals surface area contributed by atoms with Gasteiger partial charge >= 0.3 is 11.9 Å². The van der Waals surface area contributed by atoms with Gasteiger partial charge in [-0.1, -0.05) is 13.8 Å². The van der Waals surface area contributed by atoms with E-state index in [4.69, 9.17) is 9.47 Å². The number of hydrogen-bond acceptors (Lipinski definition) is 5. The highest BCUT2D eigenvalue weighted by molar-refractivity contribution is 5.77. The first kappa shape index (κ1) is 23.1. The number of esters is 2. The number of aliphatic hydroxyl groups excluding tert-OH is 1. The number of fused-ring (bicyclic) bond motifs is 5. The standard InChI is InChI=1S/C26H42O5/c1-16(2)30-23(28)9-10-24(29)31-22-8-7-20-19-6-5-17-15-18(27)11-13-25(17,3)21(19)12-14-26(20,22)4/h16-22,27H,5-15H2,1-4H3. The molecular weight excluding hydrogens is 392 g/mol. The number of carbonyl (C=O) groups excluding carboxylic acids is 2. The molecule has 0 aliphatic heterocycles. The first-order valence-electron chi connectivity index (χ1n) is 12.7. The van der Waals surface area contributed by atoms with Gasteiger partial charge < -0.3 is 14.6 Å². The molecule has 5 nitrogen and oxygen atoms in total. The molecule has 4 saturated carbocycles. The molecule has 1 N–H and O–H groups in total. The van der Waals surface area contributed by atoms with E-state index in [-0.39, 0.29) is 48.5 Å². The molecule has 4 rings (SSSR count). The molecule has 4 fully saturated rings. The van der Waals surface area contributed by atoms with Crippen LogP contribution < -0.4 is 0 Å². The van der Waals surface area contributed by atoms with Gasteiger partial charge in [-0.25, -0.2) is 0 Å². The smallest absolute Gasteiger partial charge is 0.306 e. The van der Waals surface area contributed by atoms with Gasteiger partial charge in [-0.3, -0.25) is 9.59 Å². The van der Waals surface area contributed by atoms with Crippen LogP contribution in [0.5, 0.6) is 0 Å². The van der Waals surface area contributed by atoms with Gasteiger partial charge in [0.25, 0.3) is 0 Å². The molecule has 5 heteroatoms. The third-order valence-corrected chi connectivity index (χ3v) is 9.73. The van der Waals surface area contributed by atoms with E-state index >= 15 is 0 Å². The highest BCUT2D eigenvalue weighted by Crippen LogP contribution is 2.66. The van der Waals surface area contributed by atoms with Crippen molar-refractivity contribution in [3.8, 4) is 0 Å². The minimum Gasteiger partial charge on any atom is -0.463 e. The summed E-state index contributed by atoms with van der Waals surface area (Å²) in [4.78, 5) is 24.3. The topological polar surface area (TPSA) is 72.8 Å². The van der Waals surface area contributed by atoms with E-state index in [0.29, 0.717) is 17.3 Å². The van der Waals surface area contributed by atoms with E-state index in [1.807, 2.05) is 13.8 Å². The van der Waals surface area contributed by atoms with Gasteiger partial charge in [-0.15, -0.1) is 0 Å². The van der Waals surface area contributed by atoms with Crippen molar-refractivity contribution in [1.29, 1.82) is 0 Å². The highest BCUT2D eigenvalue weighted by atomic mass is 16.6. The Morgan fingerprint density at radius 3 is 2.32 bits per heavy atom. The zero-order valence-electron chi connectivity index (χ0n) is 19.9. The fourth-order valence-corrected chi connectivity index (χ4v) is 8.12. The Morgan fingerprint density at radius 1 is 0.903 bits per heavy atom. The average Bonchev–Trinajstić information content (AvgIpc) is 3.03. The van der Waals surface area contributed by atoms with Gasteiger partial charge in [0.15, 0.2) is 0 Å². The first-order chi connectivity index (χ1) is 14.6. The quantitative estimate of drug-likeness (QED) is 0.614. The summed E-state index contributed by atoms with van der Waals surface area (Å²) >= 11 is 0. The van der Waals surface area contributed by atoms with Crippen molar-refractivity contribution in [1.82, 2.24) is 0 Å². The predicted molar refractivity (Wildman–Crippen MR) is 118 cm³/mol. The third kappa shape index (κ3) is 4.28. The van der Waals surface area contributed by atoms with Crippen LogP contribution in [0.1, 0.15) is 98.3 Å². The van der Waals surface area contributed by atoms with Crippen LogP contribution in [0.2, 0.25) is 0 Å². The van der Waals surface area contributed by atoms with Gasteiger partial charge in [0.2, 0.25) is 0 Å². The van der Waals surface area contributed by atoms with Crippen LogP contribution in [0.25, 0.3) is 0 Å². The zero-order chi connectivity index (χ0) is 22.4. The zero-order valence-corrected chi connectivity index (χ0v) is 19.9. The Hall–Kier alpha value is -1.10. The van der Waals surface area contributed by atoms with Crippen molar-refractivity contribution in [3.63, 3.8) is 0 Å². The summed E-state index contributed by atoms with van der Waals surface area (Å²) in [6.45, 7) is 8.49. The molecule has 0 saturated heterocycles. The molecule has 31 heavy (non-hydrogen) atoms. The second kappa shape index (κ2) is 8.68. The lowest BCUT2D eigenvalue weighted by atomic mass is 9.45. The van der Waals surface area contributed by atoms with Gasteiger partial charge in [0, 0.05) is 5.41 Å². The number of carbonyl (C=O) groups is 2. The molecule has 176 valence electrons. The molecule has 0 amide bonds. The summed E-state index contributed by atoms with van der Waals surface area (Å²) in [7, 11) is 0.